The molecule has 0 bridgehead atoms. The van der Waals surface area contributed by atoms with Gasteiger partial charge in [-0.3, -0.25) is 4.79 Å². The highest BCUT2D eigenvalue weighted by Crippen LogP contribution is 2.43. The zero-order valence-electron chi connectivity index (χ0n) is 16.4. The lowest BCUT2D eigenvalue weighted by molar-refractivity contribution is -0.136. The second kappa shape index (κ2) is 9.23. The molecule has 3 rings (SSSR count). The SMILES string of the molecule is C=CCS(=O)(=O)N1CCC(C2CCCCC2)C(c2cccc(CC(=O)O)c2)C1. The maximum Gasteiger partial charge on any atom is 0.307 e. The summed E-state index contributed by atoms with van der Waals surface area (Å²) < 4.78 is 26.9. The molecule has 1 saturated heterocycles. The van der Waals surface area contributed by atoms with E-state index in [0.29, 0.717) is 24.9 Å². The van der Waals surface area contributed by atoms with Gasteiger partial charge in [-0.2, -0.15) is 0 Å². The summed E-state index contributed by atoms with van der Waals surface area (Å²) in [7, 11) is -3.34. The second-order valence-corrected chi connectivity index (χ2v) is 10.2. The quantitative estimate of drug-likeness (QED) is 0.700. The van der Waals surface area contributed by atoms with E-state index in [9.17, 15) is 13.2 Å². The van der Waals surface area contributed by atoms with Crippen LogP contribution in [0.1, 0.15) is 55.6 Å². The molecule has 5 nitrogen and oxygen atoms in total. The number of piperidine rings is 1. The Morgan fingerprint density at radius 3 is 2.64 bits per heavy atom. The van der Waals surface area contributed by atoms with E-state index in [1.807, 2.05) is 24.3 Å². The molecule has 154 valence electrons. The molecule has 0 radical (unpaired) electrons. The first kappa shape index (κ1) is 21.1. The number of carbonyl (C=O) groups is 1. The van der Waals surface area contributed by atoms with Crippen molar-refractivity contribution < 1.29 is 18.3 Å². The first-order valence-electron chi connectivity index (χ1n) is 10.3. The number of aliphatic carboxylic acids is 1. The number of hydrogen-bond donors (Lipinski definition) is 1. The lowest BCUT2D eigenvalue weighted by atomic mass is 9.69. The van der Waals surface area contributed by atoms with Gasteiger partial charge in [0.05, 0.1) is 12.2 Å². The highest BCUT2D eigenvalue weighted by Gasteiger charge is 2.39. The van der Waals surface area contributed by atoms with Gasteiger partial charge in [0, 0.05) is 19.0 Å². The minimum absolute atomic E-state index is 0.00681. The van der Waals surface area contributed by atoms with E-state index in [1.54, 1.807) is 4.31 Å². The zero-order chi connectivity index (χ0) is 20.1. The Bertz CT molecular complexity index is 799. The second-order valence-electron chi connectivity index (χ2n) is 8.20. The number of hydrogen-bond acceptors (Lipinski definition) is 3. The van der Waals surface area contributed by atoms with Gasteiger partial charge < -0.3 is 5.11 Å². The molecule has 1 aromatic rings. The predicted octanol–water partition coefficient (Wildman–Crippen LogP) is 3.82. The minimum Gasteiger partial charge on any atom is -0.481 e. The van der Waals surface area contributed by atoms with Gasteiger partial charge in [-0.1, -0.05) is 62.4 Å². The number of sulfonamides is 1. The Morgan fingerprint density at radius 1 is 1.21 bits per heavy atom. The fourth-order valence-electron chi connectivity index (χ4n) is 5.03. The Balaban J connectivity index is 1.89. The van der Waals surface area contributed by atoms with Crippen LogP contribution < -0.4 is 0 Å². The van der Waals surface area contributed by atoms with Crippen LogP contribution in [0.25, 0.3) is 0 Å². The monoisotopic (exact) mass is 405 g/mol. The van der Waals surface area contributed by atoms with Gasteiger partial charge in [0.2, 0.25) is 10.0 Å². The van der Waals surface area contributed by atoms with E-state index < -0.39 is 16.0 Å². The topological polar surface area (TPSA) is 74.7 Å². The first-order chi connectivity index (χ1) is 13.4. The summed E-state index contributed by atoms with van der Waals surface area (Å²) in [5.74, 6) is 0.319. The normalized spacial score (nSPS) is 24.7. The highest BCUT2D eigenvalue weighted by molar-refractivity contribution is 7.89. The van der Waals surface area contributed by atoms with Crippen molar-refractivity contribution in [2.24, 2.45) is 11.8 Å². The summed E-state index contributed by atoms with van der Waals surface area (Å²) in [6, 6.07) is 7.75. The van der Waals surface area contributed by atoms with Crippen LogP contribution in [0.3, 0.4) is 0 Å². The van der Waals surface area contributed by atoms with Crippen LogP contribution in [0, 0.1) is 11.8 Å². The standard InChI is InChI=1S/C22H31NO4S/c1-2-13-28(26,27)23-12-11-20(18-8-4-3-5-9-18)21(16-23)19-10-6-7-17(14-19)15-22(24)25/h2,6-7,10,14,18,20-21H,1,3-5,8-9,11-13,15-16H2,(H,24,25). The van der Waals surface area contributed by atoms with Crippen molar-refractivity contribution in [2.45, 2.75) is 50.9 Å². The van der Waals surface area contributed by atoms with E-state index in [-0.39, 0.29) is 18.1 Å². The summed E-state index contributed by atoms with van der Waals surface area (Å²) in [4.78, 5) is 11.1. The third-order valence-corrected chi connectivity index (χ3v) is 8.12. The Labute approximate surface area is 168 Å². The zero-order valence-corrected chi connectivity index (χ0v) is 17.2. The van der Waals surface area contributed by atoms with Crippen LogP contribution in [-0.2, 0) is 21.2 Å². The molecule has 1 saturated carbocycles. The molecule has 2 atom stereocenters. The highest BCUT2D eigenvalue weighted by atomic mass is 32.2. The molecular formula is C22H31NO4S. The molecule has 6 heteroatoms. The molecule has 1 N–H and O–H groups in total. The summed E-state index contributed by atoms with van der Waals surface area (Å²) in [5.41, 5.74) is 1.85. The molecule has 0 spiro atoms. The van der Waals surface area contributed by atoms with Crippen LogP contribution in [0.2, 0.25) is 0 Å². The number of benzene rings is 1. The molecule has 0 aromatic heterocycles. The largest absolute Gasteiger partial charge is 0.481 e. The van der Waals surface area contributed by atoms with Gasteiger partial charge in [0.15, 0.2) is 0 Å². The van der Waals surface area contributed by atoms with Crippen LogP contribution in [0.4, 0.5) is 0 Å². The van der Waals surface area contributed by atoms with Crippen LogP contribution >= 0.6 is 0 Å². The summed E-state index contributed by atoms with van der Waals surface area (Å²) in [6.45, 7) is 4.64. The Morgan fingerprint density at radius 2 is 1.96 bits per heavy atom. The lowest BCUT2D eigenvalue weighted by Crippen LogP contribution is -2.45. The van der Waals surface area contributed by atoms with Gasteiger partial charge >= 0.3 is 5.97 Å². The Hall–Kier alpha value is -1.66. The molecular weight excluding hydrogens is 374 g/mol. The van der Waals surface area contributed by atoms with Crippen molar-refractivity contribution in [2.75, 3.05) is 18.8 Å². The fraction of sp³-hybridized carbons (Fsp3) is 0.591. The minimum atomic E-state index is -3.34. The van der Waals surface area contributed by atoms with Crippen LogP contribution in [0.5, 0.6) is 0 Å². The van der Waals surface area contributed by atoms with Crippen molar-refractivity contribution in [3.63, 3.8) is 0 Å². The van der Waals surface area contributed by atoms with E-state index in [1.165, 1.54) is 38.2 Å². The summed E-state index contributed by atoms with van der Waals surface area (Å²) in [5, 5.41) is 9.13. The molecule has 2 unspecified atom stereocenters. The molecule has 28 heavy (non-hydrogen) atoms. The summed E-state index contributed by atoms with van der Waals surface area (Å²) in [6.07, 6.45) is 8.55. The number of carboxylic acid groups (broad SMARTS) is 1. The van der Waals surface area contributed by atoms with Gasteiger partial charge in [-0.15, -0.1) is 6.58 Å². The molecule has 0 amide bonds. The van der Waals surface area contributed by atoms with E-state index in [0.717, 1.165) is 17.5 Å². The van der Waals surface area contributed by atoms with Crippen LogP contribution in [0.15, 0.2) is 36.9 Å². The number of nitrogens with zero attached hydrogens (tertiary/aromatic N) is 1. The number of rotatable bonds is 7. The van der Waals surface area contributed by atoms with Crippen molar-refractivity contribution >= 4 is 16.0 Å². The lowest BCUT2D eigenvalue weighted by Gasteiger charge is -2.43. The molecule has 2 fully saturated rings. The molecule has 1 aliphatic carbocycles. The van der Waals surface area contributed by atoms with Crippen molar-refractivity contribution in [1.29, 1.82) is 0 Å². The van der Waals surface area contributed by atoms with E-state index in [4.69, 9.17) is 5.11 Å². The number of carboxylic acids is 1. The van der Waals surface area contributed by atoms with E-state index in [2.05, 4.69) is 6.58 Å². The third kappa shape index (κ3) is 5.03. The maximum absolute atomic E-state index is 12.6. The third-order valence-electron chi connectivity index (χ3n) is 6.34. The molecule has 1 aromatic carbocycles. The molecule has 1 aliphatic heterocycles. The average Bonchev–Trinajstić information content (AvgIpc) is 2.68. The molecule has 1 heterocycles. The fourth-order valence-corrected chi connectivity index (χ4v) is 6.31. The van der Waals surface area contributed by atoms with Gasteiger partial charge in [0.1, 0.15) is 0 Å². The average molecular weight is 406 g/mol. The predicted molar refractivity (Wildman–Crippen MR) is 111 cm³/mol. The summed E-state index contributed by atoms with van der Waals surface area (Å²) >= 11 is 0. The van der Waals surface area contributed by atoms with Gasteiger partial charge in [-0.25, -0.2) is 12.7 Å². The van der Waals surface area contributed by atoms with Gasteiger partial charge in [-0.05, 0) is 29.4 Å². The van der Waals surface area contributed by atoms with Crippen LogP contribution in [-0.4, -0.2) is 42.6 Å². The molecule has 2 aliphatic rings. The van der Waals surface area contributed by atoms with Crippen molar-refractivity contribution in [1.82, 2.24) is 4.31 Å². The van der Waals surface area contributed by atoms with Crippen molar-refractivity contribution in [3.8, 4) is 0 Å². The Kier molecular flexibility index (Phi) is 6.94. The first-order valence-corrected chi connectivity index (χ1v) is 11.9. The maximum atomic E-state index is 12.6. The van der Waals surface area contributed by atoms with E-state index >= 15 is 0 Å². The van der Waals surface area contributed by atoms with Gasteiger partial charge in [0.25, 0.3) is 0 Å². The van der Waals surface area contributed by atoms with Crippen molar-refractivity contribution in [3.05, 3.63) is 48.0 Å². The smallest absolute Gasteiger partial charge is 0.307 e.